The zero-order valence-electron chi connectivity index (χ0n) is 10.3. The molecule has 1 aliphatic rings. The Balaban J connectivity index is 2.23. The van der Waals surface area contributed by atoms with E-state index in [9.17, 15) is 0 Å². The lowest BCUT2D eigenvalue weighted by molar-refractivity contribution is -0.0276. The highest BCUT2D eigenvalue weighted by molar-refractivity contribution is 5.58. The van der Waals surface area contributed by atoms with Crippen molar-refractivity contribution in [1.29, 1.82) is 0 Å². The van der Waals surface area contributed by atoms with Gasteiger partial charge in [-0.1, -0.05) is 0 Å². The maximum absolute atomic E-state index is 5.88. The van der Waals surface area contributed by atoms with Crippen molar-refractivity contribution in [3.63, 3.8) is 0 Å². The topological polar surface area (TPSA) is 38.5 Å². The highest BCUT2D eigenvalue weighted by Crippen LogP contribution is 2.25. The second-order valence-corrected chi connectivity index (χ2v) is 5.13. The van der Waals surface area contributed by atoms with Gasteiger partial charge in [0.25, 0.3) is 0 Å². The predicted molar refractivity (Wildman–Crippen MR) is 67.8 cm³/mol. The molecule has 1 aliphatic heterocycles. The Bertz CT molecular complexity index is 367. The van der Waals surface area contributed by atoms with Gasteiger partial charge in [-0.05, 0) is 44.5 Å². The van der Waals surface area contributed by atoms with Gasteiger partial charge in [0, 0.05) is 24.5 Å². The van der Waals surface area contributed by atoms with Crippen molar-refractivity contribution in [2.75, 3.05) is 30.3 Å². The van der Waals surface area contributed by atoms with E-state index >= 15 is 0 Å². The zero-order chi connectivity index (χ0) is 11.8. The molecule has 1 heterocycles. The van der Waals surface area contributed by atoms with E-state index in [0.29, 0.717) is 0 Å². The Morgan fingerprint density at radius 2 is 2.06 bits per heavy atom. The molecule has 0 saturated carbocycles. The van der Waals surface area contributed by atoms with E-state index in [2.05, 4.69) is 31.7 Å². The van der Waals surface area contributed by atoms with Crippen LogP contribution in [0.25, 0.3) is 0 Å². The molecule has 1 aromatic carbocycles. The summed E-state index contributed by atoms with van der Waals surface area (Å²) in [5.74, 6) is 0. The van der Waals surface area contributed by atoms with E-state index in [1.165, 1.54) is 11.3 Å². The van der Waals surface area contributed by atoms with Crippen LogP contribution in [0.4, 0.5) is 11.4 Å². The number of hydrogen-bond donors (Lipinski definition) is 1. The Kier molecular flexibility index (Phi) is 2.80. The Morgan fingerprint density at radius 1 is 1.31 bits per heavy atom. The molecule has 1 fully saturated rings. The number of aryl methyl sites for hydroxylation is 1. The van der Waals surface area contributed by atoms with Crippen molar-refractivity contribution >= 4 is 11.4 Å². The fourth-order valence-electron chi connectivity index (χ4n) is 2.21. The standard InChI is InChI=1S/C13H20N2O/c1-10-6-11(14)8-12(7-10)15-4-5-16-13(2,3)9-15/h6-8H,4-5,9,14H2,1-3H3. The second kappa shape index (κ2) is 3.98. The first-order chi connectivity index (χ1) is 7.46. The van der Waals surface area contributed by atoms with Crippen LogP contribution in [0, 0.1) is 6.92 Å². The molecule has 2 N–H and O–H groups in total. The van der Waals surface area contributed by atoms with Crippen molar-refractivity contribution in [3.05, 3.63) is 23.8 Å². The normalized spacial score (nSPS) is 19.8. The number of anilines is 2. The molecule has 1 saturated heterocycles. The molecule has 0 unspecified atom stereocenters. The third-order valence-corrected chi connectivity index (χ3v) is 2.88. The summed E-state index contributed by atoms with van der Waals surface area (Å²) < 4.78 is 5.70. The minimum absolute atomic E-state index is 0.0727. The van der Waals surface area contributed by atoms with Crippen LogP contribution in [0.15, 0.2) is 18.2 Å². The summed E-state index contributed by atoms with van der Waals surface area (Å²) in [5.41, 5.74) is 9.05. The molecule has 88 valence electrons. The highest BCUT2D eigenvalue weighted by atomic mass is 16.5. The molecule has 0 spiro atoms. The Hall–Kier alpha value is -1.22. The van der Waals surface area contributed by atoms with Crippen LogP contribution in [0.5, 0.6) is 0 Å². The molecule has 0 amide bonds. The largest absolute Gasteiger partial charge is 0.399 e. The minimum Gasteiger partial charge on any atom is -0.399 e. The van der Waals surface area contributed by atoms with E-state index in [1.54, 1.807) is 0 Å². The molecule has 0 atom stereocenters. The molecular weight excluding hydrogens is 200 g/mol. The summed E-state index contributed by atoms with van der Waals surface area (Å²) in [6, 6.07) is 6.21. The summed E-state index contributed by atoms with van der Waals surface area (Å²) in [5, 5.41) is 0. The number of hydrogen-bond acceptors (Lipinski definition) is 3. The lowest BCUT2D eigenvalue weighted by atomic mass is 10.1. The van der Waals surface area contributed by atoms with Crippen LogP contribution in [-0.4, -0.2) is 25.3 Å². The number of rotatable bonds is 1. The molecule has 0 bridgehead atoms. The summed E-state index contributed by atoms with van der Waals surface area (Å²) >= 11 is 0. The third kappa shape index (κ3) is 2.47. The molecule has 0 radical (unpaired) electrons. The number of morpholine rings is 1. The molecule has 0 aromatic heterocycles. The van der Waals surface area contributed by atoms with Crippen molar-refractivity contribution in [1.82, 2.24) is 0 Å². The van der Waals surface area contributed by atoms with Gasteiger partial charge < -0.3 is 15.4 Å². The van der Waals surface area contributed by atoms with Gasteiger partial charge in [-0.25, -0.2) is 0 Å². The number of ether oxygens (including phenoxy) is 1. The number of benzene rings is 1. The monoisotopic (exact) mass is 220 g/mol. The van der Waals surface area contributed by atoms with E-state index in [0.717, 1.165) is 25.4 Å². The predicted octanol–water partition coefficient (Wildman–Crippen LogP) is 2.19. The van der Waals surface area contributed by atoms with Crippen LogP contribution in [0.3, 0.4) is 0 Å². The van der Waals surface area contributed by atoms with E-state index in [1.807, 2.05) is 12.1 Å². The third-order valence-electron chi connectivity index (χ3n) is 2.88. The summed E-state index contributed by atoms with van der Waals surface area (Å²) in [6.07, 6.45) is 0. The van der Waals surface area contributed by atoms with E-state index in [4.69, 9.17) is 10.5 Å². The van der Waals surface area contributed by atoms with Gasteiger partial charge in [0.05, 0.1) is 12.2 Å². The average molecular weight is 220 g/mol. The molecule has 1 aromatic rings. The highest BCUT2D eigenvalue weighted by Gasteiger charge is 2.27. The number of nitrogen functional groups attached to an aromatic ring is 1. The summed E-state index contributed by atoms with van der Waals surface area (Å²) in [7, 11) is 0. The van der Waals surface area contributed by atoms with Crippen LogP contribution in [-0.2, 0) is 4.74 Å². The lowest BCUT2D eigenvalue weighted by Gasteiger charge is -2.39. The van der Waals surface area contributed by atoms with Gasteiger partial charge in [-0.15, -0.1) is 0 Å². The molecule has 2 rings (SSSR count). The maximum Gasteiger partial charge on any atom is 0.0801 e. The van der Waals surface area contributed by atoms with Gasteiger partial charge in [-0.2, -0.15) is 0 Å². The van der Waals surface area contributed by atoms with Crippen LogP contribution in [0.2, 0.25) is 0 Å². The summed E-state index contributed by atoms with van der Waals surface area (Å²) in [4.78, 5) is 2.34. The first kappa shape index (κ1) is 11.3. The van der Waals surface area contributed by atoms with Gasteiger partial charge >= 0.3 is 0 Å². The smallest absolute Gasteiger partial charge is 0.0801 e. The van der Waals surface area contributed by atoms with Crippen LogP contribution in [0.1, 0.15) is 19.4 Å². The van der Waals surface area contributed by atoms with Gasteiger partial charge in [-0.3, -0.25) is 0 Å². The number of nitrogens with two attached hydrogens (primary N) is 1. The van der Waals surface area contributed by atoms with Gasteiger partial charge in [0.2, 0.25) is 0 Å². The molecule has 3 nitrogen and oxygen atoms in total. The van der Waals surface area contributed by atoms with Crippen molar-refractivity contribution in [2.24, 2.45) is 0 Å². The van der Waals surface area contributed by atoms with Gasteiger partial charge in [0.1, 0.15) is 0 Å². The molecular formula is C13H20N2O. The van der Waals surface area contributed by atoms with Crippen LogP contribution >= 0.6 is 0 Å². The quantitative estimate of drug-likeness (QED) is 0.737. The fourth-order valence-corrected chi connectivity index (χ4v) is 2.21. The first-order valence-electron chi connectivity index (χ1n) is 5.72. The second-order valence-electron chi connectivity index (χ2n) is 5.13. The van der Waals surface area contributed by atoms with Crippen molar-refractivity contribution in [3.8, 4) is 0 Å². The Labute approximate surface area is 97.2 Å². The molecule has 3 heteroatoms. The van der Waals surface area contributed by atoms with Crippen LogP contribution < -0.4 is 10.6 Å². The number of nitrogens with zero attached hydrogens (tertiary/aromatic N) is 1. The van der Waals surface area contributed by atoms with E-state index < -0.39 is 0 Å². The molecule has 0 aliphatic carbocycles. The van der Waals surface area contributed by atoms with Gasteiger partial charge in [0.15, 0.2) is 0 Å². The zero-order valence-corrected chi connectivity index (χ0v) is 10.3. The minimum atomic E-state index is -0.0727. The fraction of sp³-hybridized carbons (Fsp3) is 0.538. The maximum atomic E-state index is 5.88. The Morgan fingerprint density at radius 3 is 2.69 bits per heavy atom. The SMILES string of the molecule is Cc1cc(N)cc(N2CCOC(C)(C)C2)c1. The summed E-state index contributed by atoms with van der Waals surface area (Å²) in [6.45, 7) is 8.95. The van der Waals surface area contributed by atoms with Crippen molar-refractivity contribution in [2.45, 2.75) is 26.4 Å². The van der Waals surface area contributed by atoms with E-state index in [-0.39, 0.29) is 5.60 Å². The molecule has 16 heavy (non-hydrogen) atoms. The average Bonchev–Trinajstić information content (AvgIpc) is 2.14. The lowest BCUT2D eigenvalue weighted by Crippen LogP contribution is -2.48. The first-order valence-corrected chi connectivity index (χ1v) is 5.72. The van der Waals surface area contributed by atoms with Crippen molar-refractivity contribution < 1.29 is 4.74 Å².